The molecule has 60 heavy (non-hydrogen) atoms. The molecule has 0 aromatic rings. The lowest BCUT2D eigenvalue weighted by Gasteiger charge is -2.55. The number of carboxylic acids is 1. The van der Waals surface area contributed by atoms with Crippen LogP contribution >= 0.6 is 0 Å². The quantitative estimate of drug-likeness (QED) is 0.113. The largest absolute Gasteiger partial charge is 0.481 e. The fraction of sp³-hybridized carbons (Fsp3) is 0.894. The zero-order chi connectivity index (χ0) is 43.9. The SMILES string of the molecule is CC[C@@H](C(=O)[C@@H](C)[C@@H](O)[C@H](C)[C@@H]1O[C@@H]([C@@H](CC)C(=O)O)CC[C@@H]1C)[C@H]1O[C@]2(C=C[C@@H](NC(=O)NC3CCC3)[C@]3(CC[C@@](C)([C@H]4CC[C@](O)(CC)[C@H](C)O4)O3)O2)[C@H](C)C[C@@H]1C. The van der Waals surface area contributed by atoms with E-state index in [0.717, 1.165) is 25.7 Å². The van der Waals surface area contributed by atoms with Gasteiger partial charge in [0.1, 0.15) is 11.8 Å². The van der Waals surface area contributed by atoms with Gasteiger partial charge in [0.2, 0.25) is 0 Å². The number of rotatable bonds is 14. The van der Waals surface area contributed by atoms with Gasteiger partial charge in [0, 0.05) is 36.1 Å². The number of carboxylic acid groups (broad SMARTS) is 1. The second-order valence-corrected chi connectivity index (χ2v) is 20.2. The molecular formula is C47H78N2O11. The summed E-state index contributed by atoms with van der Waals surface area (Å²) < 4.78 is 34.5. The first-order chi connectivity index (χ1) is 28.3. The topological polar surface area (TPSA) is 182 Å². The molecular weight excluding hydrogens is 769 g/mol. The van der Waals surface area contributed by atoms with E-state index in [2.05, 4.69) is 31.4 Å². The Kier molecular flexibility index (Phi) is 14.6. The second kappa shape index (κ2) is 18.5. The van der Waals surface area contributed by atoms with Gasteiger partial charge in [0.15, 0.2) is 11.6 Å². The van der Waals surface area contributed by atoms with Crippen molar-refractivity contribution in [2.45, 2.75) is 224 Å². The van der Waals surface area contributed by atoms with E-state index in [1.165, 1.54) is 0 Å². The molecule has 6 rings (SSSR count). The number of hydrogen-bond acceptors (Lipinski definition) is 10. The Balaban J connectivity index is 1.23. The maximum atomic E-state index is 14.7. The Labute approximate surface area is 358 Å². The van der Waals surface area contributed by atoms with Crippen LogP contribution in [0.3, 0.4) is 0 Å². The lowest BCUT2D eigenvalue weighted by Crippen LogP contribution is -2.66. The molecule has 6 aliphatic rings. The lowest BCUT2D eigenvalue weighted by molar-refractivity contribution is -0.397. The van der Waals surface area contributed by atoms with E-state index in [-0.39, 0.29) is 53.9 Å². The van der Waals surface area contributed by atoms with Crippen LogP contribution in [-0.4, -0.2) is 105 Å². The molecule has 1 aliphatic carbocycles. The van der Waals surface area contributed by atoms with Crippen molar-refractivity contribution in [3.63, 3.8) is 0 Å². The molecule has 0 unspecified atom stereocenters. The van der Waals surface area contributed by atoms with Crippen LogP contribution in [0.15, 0.2) is 12.2 Å². The molecule has 2 amide bonds. The fourth-order valence-corrected chi connectivity index (χ4v) is 11.6. The van der Waals surface area contributed by atoms with Gasteiger partial charge in [-0.2, -0.15) is 0 Å². The third-order valence-electron chi connectivity index (χ3n) is 16.2. The highest BCUT2D eigenvalue weighted by Crippen LogP contribution is 2.54. The minimum atomic E-state index is -1.30. The van der Waals surface area contributed by atoms with Crippen molar-refractivity contribution >= 4 is 17.8 Å². The van der Waals surface area contributed by atoms with Gasteiger partial charge in [0.05, 0.1) is 53.7 Å². The van der Waals surface area contributed by atoms with E-state index < -0.39 is 76.8 Å². The van der Waals surface area contributed by atoms with E-state index in [4.69, 9.17) is 23.7 Å². The van der Waals surface area contributed by atoms with Gasteiger partial charge in [-0.05, 0) is 109 Å². The summed E-state index contributed by atoms with van der Waals surface area (Å²) in [4.78, 5) is 40.1. The van der Waals surface area contributed by atoms with E-state index in [1.807, 2.05) is 53.7 Å². The number of Topliss-reactive ketones (excluding diaryl/α,β-unsaturated/α-hetero) is 1. The molecule has 5 N–H and O–H groups in total. The van der Waals surface area contributed by atoms with E-state index >= 15 is 0 Å². The zero-order valence-electron chi connectivity index (χ0n) is 38.1. The maximum absolute atomic E-state index is 14.7. The number of hydrogen-bond donors (Lipinski definition) is 5. The Morgan fingerprint density at radius 3 is 2.15 bits per heavy atom. The van der Waals surface area contributed by atoms with Gasteiger partial charge in [0.25, 0.3) is 0 Å². The number of aliphatic hydroxyl groups excluding tert-OH is 1. The molecule has 13 heteroatoms. The standard InChI is InChI=1S/C47H78N2O11/c1-11-33(42(52)53)35-18-17-26(4)40(57-35)30(8)38(50)29(7)39(51)34(12-2)41-27(5)25-28(6)46(58-41)22-19-36(49-43(54)48-32-15-14-16-32)47(60-46)24-23-44(10,59-47)37-20-21-45(55,13-3)31(9)56-37/h19,22,26-38,40-41,50,55H,11-18,20-21,23-25H2,1-10H3,(H,52,53)(H2,48,49,54)/t26-,27-,28+,29-,30-,31-,33+,34-,35+,36+,37+,38+,40+,41-,44-,45+,46-,47-/m0/s1. The summed E-state index contributed by atoms with van der Waals surface area (Å²) in [7, 11) is 0. The predicted molar refractivity (Wildman–Crippen MR) is 226 cm³/mol. The van der Waals surface area contributed by atoms with Crippen molar-refractivity contribution < 1.29 is 53.4 Å². The Morgan fingerprint density at radius 2 is 1.55 bits per heavy atom. The smallest absolute Gasteiger partial charge is 0.315 e. The van der Waals surface area contributed by atoms with Gasteiger partial charge in [-0.3, -0.25) is 9.59 Å². The Hall–Kier alpha value is -2.13. The number of ether oxygens (including phenoxy) is 5. The summed E-state index contributed by atoms with van der Waals surface area (Å²) >= 11 is 0. The van der Waals surface area contributed by atoms with Crippen LogP contribution in [0.1, 0.15) is 153 Å². The minimum Gasteiger partial charge on any atom is -0.481 e. The highest BCUT2D eigenvalue weighted by molar-refractivity contribution is 5.84. The number of carbonyl (C=O) groups is 3. The molecule has 2 spiro atoms. The van der Waals surface area contributed by atoms with Crippen LogP contribution in [0.25, 0.3) is 0 Å². The van der Waals surface area contributed by atoms with E-state index in [1.54, 1.807) is 6.92 Å². The molecule has 5 heterocycles. The van der Waals surface area contributed by atoms with Crippen molar-refractivity contribution in [3.05, 3.63) is 12.2 Å². The second-order valence-electron chi connectivity index (χ2n) is 20.2. The molecule has 342 valence electrons. The number of ketones is 1. The summed E-state index contributed by atoms with van der Waals surface area (Å²) in [5, 5.41) is 39.2. The van der Waals surface area contributed by atoms with Gasteiger partial charge < -0.3 is 49.6 Å². The van der Waals surface area contributed by atoms with E-state index in [9.17, 15) is 29.7 Å². The molecule has 0 aromatic heterocycles. The molecule has 5 fully saturated rings. The Bertz CT molecular complexity index is 1560. The average Bonchev–Trinajstić information content (AvgIpc) is 3.54. The van der Waals surface area contributed by atoms with Gasteiger partial charge in [-0.1, -0.05) is 61.5 Å². The van der Waals surface area contributed by atoms with Gasteiger partial charge in [-0.15, -0.1) is 0 Å². The van der Waals surface area contributed by atoms with Crippen LogP contribution in [0.4, 0.5) is 4.79 Å². The number of aliphatic hydroxyl groups is 2. The summed E-state index contributed by atoms with van der Waals surface area (Å²) in [6, 6.07) is -0.777. The van der Waals surface area contributed by atoms with Crippen LogP contribution in [0.2, 0.25) is 0 Å². The van der Waals surface area contributed by atoms with Gasteiger partial charge in [-0.25, -0.2) is 4.79 Å². The number of nitrogens with one attached hydrogen (secondary N) is 2. The van der Waals surface area contributed by atoms with Crippen LogP contribution < -0.4 is 10.6 Å². The van der Waals surface area contributed by atoms with Crippen molar-refractivity contribution in [2.75, 3.05) is 0 Å². The number of carbonyl (C=O) groups excluding carboxylic acids is 2. The number of urea groups is 1. The third kappa shape index (κ3) is 9.11. The molecule has 0 radical (unpaired) electrons. The third-order valence-corrected chi connectivity index (χ3v) is 16.2. The van der Waals surface area contributed by atoms with E-state index in [0.29, 0.717) is 57.8 Å². The average molecular weight is 847 g/mol. The molecule has 4 saturated heterocycles. The maximum Gasteiger partial charge on any atom is 0.315 e. The highest BCUT2D eigenvalue weighted by atomic mass is 16.8. The molecule has 18 atom stereocenters. The minimum absolute atomic E-state index is 0.00741. The first kappa shape index (κ1) is 47.4. The van der Waals surface area contributed by atoms with Crippen molar-refractivity contribution in [3.8, 4) is 0 Å². The van der Waals surface area contributed by atoms with Crippen LogP contribution in [0.5, 0.6) is 0 Å². The highest BCUT2D eigenvalue weighted by Gasteiger charge is 2.63. The van der Waals surface area contributed by atoms with Crippen LogP contribution in [0, 0.1) is 41.4 Å². The Morgan fingerprint density at radius 1 is 0.850 bits per heavy atom. The first-order valence-electron chi connectivity index (χ1n) is 23.6. The molecule has 5 aliphatic heterocycles. The summed E-state index contributed by atoms with van der Waals surface area (Å²) in [5.74, 6) is -5.86. The summed E-state index contributed by atoms with van der Waals surface area (Å²) in [6.45, 7) is 19.7. The number of aliphatic carboxylic acids is 1. The monoisotopic (exact) mass is 847 g/mol. The molecule has 13 nitrogen and oxygen atoms in total. The normalized spacial score (nSPS) is 43.4. The zero-order valence-corrected chi connectivity index (χ0v) is 38.1. The predicted octanol–water partition coefficient (Wildman–Crippen LogP) is 7.05. The summed E-state index contributed by atoms with van der Waals surface area (Å²) in [6.07, 6.45) is 9.75. The van der Waals surface area contributed by atoms with Crippen LogP contribution in [-0.2, 0) is 33.3 Å². The summed E-state index contributed by atoms with van der Waals surface area (Å²) in [5.41, 5.74) is -1.68. The van der Waals surface area contributed by atoms with Crippen molar-refractivity contribution in [1.29, 1.82) is 0 Å². The van der Waals surface area contributed by atoms with Crippen molar-refractivity contribution in [2.24, 2.45) is 41.4 Å². The first-order valence-corrected chi connectivity index (χ1v) is 23.6. The fourth-order valence-electron chi connectivity index (χ4n) is 11.6. The lowest BCUT2D eigenvalue weighted by atomic mass is 9.72. The van der Waals surface area contributed by atoms with Gasteiger partial charge >= 0.3 is 12.0 Å². The van der Waals surface area contributed by atoms with Crippen molar-refractivity contribution in [1.82, 2.24) is 10.6 Å². The molecule has 0 aromatic carbocycles. The number of amides is 2. The molecule has 1 saturated carbocycles. The molecule has 0 bridgehead atoms.